The Labute approximate surface area is 117 Å². The molecular formula is C15H17ClN2O. The molecule has 4 heteroatoms. The van der Waals surface area contributed by atoms with E-state index in [4.69, 9.17) is 11.6 Å². The summed E-state index contributed by atoms with van der Waals surface area (Å²) in [5, 5.41) is 15.6. The second-order valence-corrected chi connectivity index (χ2v) is 5.44. The molecule has 0 bridgehead atoms. The van der Waals surface area contributed by atoms with Crippen LogP contribution in [0.4, 0.5) is 0 Å². The van der Waals surface area contributed by atoms with Crippen molar-refractivity contribution in [2.75, 3.05) is 6.54 Å². The van der Waals surface area contributed by atoms with Crippen molar-refractivity contribution in [3.8, 4) is 0 Å². The Morgan fingerprint density at radius 1 is 1.32 bits per heavy atom. The molecule has 0 spiro atoms. The van der Waals surface area contributed by atoms with E-state index in [1.54, 1.807) is 6.20 Å². The second kappa shape index (κ2) is 5.45. The summed E-state index contributed by atoms with van der Waals surface area (Å²) in [7, 11) is 0. The summed E-state index contributed by atoms with van der Waals surface area (Å²) in [6.07, 6.45) is 4.57. The maximum atomic E-state index is 10.6. The van der Waals surface area contributed by atoms with Gasteiger partial charge in [0.2, 0.25) is 0 Å². The quantitative estimate of drug-likeness (QED) is 0.886. The minimum absolute atomic E-state index is 0.123. The smallest absolute Gasteiger partial charge is 0.0950 e. The number of halogens is 1. The molecule has 0 amide bonds. The third-order valence-electron chi connectivity index (χ3n) is 3.80. The molecule has 1 aliphatic rings. The van der Waals surface area contributed by atoms with Crippen LogP contribution in [0.2, 0.25) is 5.02 Å². The van der Waals surface area contributed by atoms with Gasteiger partial charge in [-0.2, -0.15) is 0 Å². The number of aromatic nitrogens is 1. The van der Waals surface area contributed by atoms with E-state index in [0.29, 0.717) is 5.02 Å². The van der Waals surface area contributed by atoms with Gasteiger partial charge >= 0.3 is 0 Å². The van der Waals surface area contributed by atoms with Crippen molar-refractivity contribution < 1.29 is 5.11 Å². The lowest BCUT2D eigenvalue weighted by molar-refractivity contribution is 0.115. The Kier molecular flexibility index (Phi) is 3.69. The monoisotopic (exact) mass is 276 g/mol. The van der Waals surface area contributed by atoms with Gasteiger partial charge in [0, 0.05) is 17.6 Å². The normalized spacial score (nSPS) is 21.5. The van der Waals surface area contributed by atoms with Gasteiger partial charge in [-0.1, -0.05) is 30.2 Å². The predicted molar refractivity (Wildman–Crippen MR) is 77.4 cm³/mol. The van der Waals surface area contributed by atoms with E-state index in [9.17, 15) is 5.11 Å². The van der Waals surface area contributed by atoms with Crippen LogP contribution in [0, 0.1) is 0 Å². The summed E-state index contributed by atoms with van der Waals surface area (Å²) in [5.74, 6) is 0. The molecule has 1 fully saturated rings. The Balaban J connectivity index is 2.02. The van der Waals surface area contributed by atoms with Crippen molar-refractivity contribution in [3.05, 3.63) is 41.0 Å². The highest BCUT2D eigenvalue weighted by atomic mass is 35.5. The van der Waals surface area contributed by atoms with Gasteiger partial charge in [0.15, 0.2) is 0 Å². The number of hydrogen-bond donors (Lipinski definition) is 2. The molecule has 0 saturated carbocycles. The maximum absolute atomic E-state index is 10.6. The fraction of sp³-hybridized carbons (Fsp3) is 0.400. The topological polar surface area (TPSA) is 45.2 Å². The summed E-state index contributed by atoms with van der Waals surface area (Å²) in [5.41, 5.74) is 1.67. The molecule has 0 aliphatic carbocycles. The molecule has 0 radical (unpaired) electrons. The van der Waals surface area contributed by atoms with E-state index in [1.807, 2.05) is 24.3 Å². The number of benzene rings is 1. The Morgan fingerprint density at radius 2 is 2.21 bits per heavy atom. The molecule has 3 nitrogen and oxygen atoms in total. The zero-order valence-electron chi connectivity index (χ0n) is 10.6. The van der Waals surface area contributed by atoms with Gasteiger partial charge in [-0.25, -0.2) is 0 Å². The molecule has 1 saturated heterocycles. The second-order valence-electron chi connectivity index (χ2n) is 5.04. The fourth-order valence-electron chi connectivity index (χ4n) is 2.78. The number of nitrogens with zero attached hydrogens (tertiary/aromatic N) is 1. The van der Waals surface area contributed by atoms with Crippen molar-refractivity contribution >= 4 is 22.5 Å². The molecule has 2 aromatic rings. The summed E-state index contributed by atoms with van der Waals surface area (Å²) in [6.45, 7) is 0.978. The van der Waals surface area contributed by atoms with Crippen LogP contribution in [-0.2, 0) is 0 Å². The number of pyridine rings is 1. The molecule has 3 rings (SSSR count). The van der Waals surface area contributed by atoms with E-state index < -0.39 is 6.10 Å². The summed E-state index contributed by atoms with van der Waals surface area (Å²) in [4.78, 5) is 4.31. The van der Waals surface area contributed by atoms with Gasteiger partial charge in [0.1, 0.15) is 0 Å². The van der Waals surface area contributed by atoms with E-state index in [2.05, 4.69) is 10.3 Å². The van der Waals surface area contributed by atoms with Crippen LogP contribution in [0.5, 0.6) is 0 Å². The Hall–Kier alpha value is -1.16. The van der Waals surface area contributed by atoms with Gasteiger partial charge < -0.3 is 10.4 Å². The molecular weight excluding hydrogens is 260 g/mol. The lowest BCUT2D eigenvalue weighted by Gasteiger charge is -2.28. The first-order chi connectivity index (χ1) is 9.27. The highest BCUT2D eigenvalue weighted by Gasteiger charge is 2.24. The minimum Gasteiger partial charge on any atom is -0.387 e. The number of rotatable bonds is 2. The molecule has 0 unspecified atom stereocenters. The number of para-hydroxylation sites is 1. The van der Waals surface area contributed by atoms with Crippen molar-refractivity contribution in [1.29, 1.82) is 0 Å². The van der Waals surface area contributed by atoms with Gasteiger partial charge in [-0.05, 0) is 37.1 Å². The maximum Gasteiger partial charge on any atom is 0.0950 e. The van der Waals surface area contributed by atoms with Gasteiger partial charge in [0.05, 0.1) is 16.6 Å². The van der Waals surface area contributed by atoms with Crippen molar-refractivity contribution in [3.63, 3.8) is 0 Å². The first kappa shape index (κ1) is 12.9. The van der Waals surface area contributed by atoms with Crippen molar-refractivity contribution in [1.82, 2.24) is 10.3 Å². The SMILES string of the molecule is O[C@H](c1ccnc2c(Cl)cccc12)[C@@H]1CCCCN1. The third-order valence-corrected chi connectivity index (χ3v) is 4.11. The standard InChI is InChI=1S/C15H17ClN2O/c16-12-5-3-4-10-11(7-9-18-14(10)12)15(19)13-6-1-2-8-17-13/h3-5,7,9,13,15,17,19H,1-2,6,8H2/t13-,15+/m0/s1. The van der Waals surface area contributed by atoms with Crippen LogP contribution in [0.15, 0.2) is 30.5 Å². The van der Waals surface area contributed by atoms with Crippen LogP contribution in [0.25, 0.3) is 10.9 Å². The van der Waals surface area contributed by atoms with Crippen LogP contribution in [-0.4, -0.2) is 22.7 Å². The lowest BCUT2D eigenvalue weighted by Crippen LogP contribution is -2.38. The summed E-state index contributed by atoms with van der Waals surface area (Å²) < 4.78 is 0. The fourth-order valence-corrected chi connectivity index (χ4v) is 3.01. The number of nitrogens with one attached hydrogen (secondary N) is 1. The van der Waals surface area contributed by atoms with Crippen LogP contribution in [0.3, 0.4) is 0 Å². The molecule has 1 aromatic carbocycles. The highest BCUT2D eigenvalue weighted by molar-refractivity contribution is 6.35. The first-order valence-corrected chi connectivity index (χ1v) is 7.10. The number of hydrogen-bond acceptors (Lipinski definition) is 3. The summed E-state index contributed by atoms with van der Waals surface area (Å²) >= 11 is 6.16. The Morgan fingerprint density at radius 3 is 3.00 bits per heavy atom. The van der Waals surface area contributed by atoms with Crippen molar-refractivity contribution in [2.24, 2.45) is 0 Å². The molecule has 1 aliphatic heterocycles. The molecule has 1 aromatic heterocycles. The van der Waals surface area contributed by atoms with E-state index in [-0.39, 0.29) is 6.04 Å². The highest BCUT2D eigenvalue weighted by Crippen LogP contribution is 2.30. The molecule has 2 N–H and O–H groups in total. The molecule has 100 valence electrons. The van der Waals surface area contributed by atoms with Crippen LogP contribution in [0.1, 0.15) is 30.9 Å². The van der Waals surface area contributed by atoms with Crippen LogP contribution < -0.4 is 5.32 Å². The molecule has 2 heterocycles. The van der Waals surface area contributed by atoms with Crippen molar-refractivity contribution in [2.45, 2.75) is 31.4 Å². The minimum atomic E-state index is -0.510. The lowest BCUT2D eigenvalue weighted by atomic mass is 9.93. The largest absolute Gasteiger partial charge is 0.387 e. The number of aliphatic hydroxyl groups excluding tert-OH is 1. The molecule has 19 heavy (non-hydrogen) atoms. The average molecular weight is 277 g/mol. The zero-order chi connectivity index (χ0) is 13.2. The number of piperidine rings is 1. The van der Waals surface area contributed by atoms with E-state index in [1.165, 1.54) is 12.8 Å². The average Bonchev–Trinajstić information content (AvgIpc) is 2.47. The van der Waals surface area contributed by atoms with Crippen LogP contribution >= 0.6 is 11.6 Å². The Bertz CT molecular complexity index is 581. The number of fused-ring (bicyclic) bond motifs is 1. The zero-order valence-corrected chi connectivity index (χ0v) is 11.4. The molecule has 2 atom stereocenters. The van der Waals surface area contributed by atoms with Gasteiger partial charge in [0.25, 0.3) is 0 Å². The van der Waals surface area contributed by atoms with E-state index >= 15 is 0 Å². The van der Waals surface area contributed by atoms with Gasteiger partial charge in [-0.15, -0.1) is 0 Å². The van der Waals surface area contributed by atoms with E-state index in [0.717, 1.165) is 29.4 Å². The first-order valence-electron chi connectivity index (χ1n) is 6.72. The van der Waals surface area contributed by atoms with Gasteiger partial charge in [-0.3, -0.25) is 4.98 Å². The summed E-state index contributed by atoms with van der Waals surface area (Å²) in [6, 6.07) is 7.70. The predicted octanol–water partition coefficient (Wildman–Crippen LogP) is 3.06. The third kappa shape index (κ3) is 2.46. The number of aliphatic hydroxyl groups is 1.